The molecule has 7 rings (SSSR count). The van der Waals surface area contributed by atoms with E-state index in [1.807, 2.05) is 9.13 Å². The van der Waals surface area contributed by atoms with Crippen molar-refractivity contribution in [1.82, 2.24) is 9.13 Å². The van der Waals surface area contributed by atoms with Crippen LogP contribution in [0.15, 0.2) is 84.9 Å². The van der Waals surface area contributed by atoms with Gasteiger partial charge in [-0.2, -0.15) is 0 Å². The molecular weight excluding hydrogens is 620 g/mol. The van der Waals surface area contributed by atoms with Crippen LogP contribution < -0.4 is 9.47 Å². The Morgan fingerprint density at radius 1 is 0.438 bits per heavy atom. The zero-order valence-electron chi connectivity index (χ0n) is 25.2. The molecule has 0 unspecified atom stereocenters. The first-order chi connectivity index (χ1) is 23.0. The Morgan fingerprint density at radius 3 is 0.896 bits per heavy atom. The molecule has 0 spiro atoms. The molecule has 2 aromatic heterocycles. The minimum absolute atomic E-state index is 0.0330. The Hall–Kier alpha value is -6.82. The topological polar surface area (TPSA) is 178 Å². The highest BCUT2D eigenvalue weighted by molar-refractivity contribution is 6.14. The third-order valence-corrected chi connectivity index (χ3v) is 8.48. The van der Waals surface area contributed by atoms with Crippen LogP contribution in [-0.4, -0.2) is 67.7 Å². The lowest BCUT2D eigenvalue weighted by atomic mass is 10.1. The summed E-state index contributed by atoms with van der Waals surface area (Å²) in [6.07, 6.45) is 0. The molecule has 48 heavy (non-hydrogen) atoms. The molecule has 0 atom stereocenters. The van der Waals surface area contributed by atoms with Crippen molar-refractivity contribution in [3.05, 3.63) is 107 Å². The normalized spacial score (nSPS) is 11.4. The van der Waals surface area contributed by atoms with Crippen LogP contribution in [0.25, 0.3) is 55.0 Å². The van der Waals surface area contributed by atoms with E-state index >= 15 is 0 Å². The van der Waals surface area contributed by atoms with Gasteiger partial charge in [0, 0.05) is 33.7 Å². The number of nitrogens with zero attached hydrogens (tertiary/aromatic N) is 2. The van der Waals surface area contributed by atoms with Crippen LogP contribution >= 0.6 is 0 Å². The number of hydrogen-bond acceptors (Lipinski definition) is 6. The highest BCUT2D eigenvalue weighted by Gasteiger charge is 2.24. The first-order valence-electron chi connectivity index (χ1n) is 14.4. The minimum Gasteiger partial charge on any atom is -0.494 e. The van der Waals surface area contributed by atoms with E-state index in [4.69, 9.17) is 9.47 Å². The molecule has 2 heterocycles. The molecule has 4 N–H and O–H groups in total. The molecule has 0 fully saturated rings. The second-order valence-corrected chi connectivity index (χ2v) is 11.0. The molecule has 0 aliphatic rings. The summed E-state index contributed by atoms with van der Waals surface area (Å²) >= 11 is 0. The number of ether oxygens (including phenoxy) is 2. The van der Waals surface area contributed by atoms with Crippen molar-refractivity contribution in [2.75, 3.05) is 14.2 Å². The molecule has 0 amide bonds. The number of benzene rings is 5. The summed E-state index contributed by atoms with van der Waals surface area (Å²) in [4.78, 5) is 47.4. The van der Waals surface area contributed by atoms with Crippen molar-refractivity contribution in [2.45, 2.75) is 0 Å². The second-order valence-electron chi connectivity index (χ2n) is 11.0. The lowest BCUT2D eigenvalue weighted by Crippen LogP contribution is -2.04. The molecule has 238 valence electrons. The average molecular weight is 645 g/mol. The van der Waals surface area contributed by atoms with Crippen LogP contribution in [0, 0.1) is 0 Å². The lowest BCUT2D eigenvalue weighted by Gasteiger charge is -2.19. The van der Waals surface area contributed by atoms with Crippen LogP contribution in [0.5, 0.6) is 11.5 Å². The molecule has 5 aromatic carbocycles. The highest BCUT2D eigenvalue weighted by Crippen LogP contribution is 2.43. The maximum absolute atomic E-state index is 11.9. The van der Waals surface area contributed by atoms with Crippen LogP contribution in [0.3, 0.4) is 0 Å². The van der Waals surface area contributed by atoms with Gasteiger partial charge < -0.3 is 39.0 Å². The van der Waals surface area contributed by atoms with Gasteiger partial charge in [-0.1, -0.05) is 0 Å². The Kier molecular flexibility index (Phi) is 6.79. The fraction of sp³-hybridized carbons (Fsp3) is 0.0556. The number of aromatic nitrogens is 2. The summed E-state index contributed by atoms with van der Waals surface area (Å²) < 4.78 is 15.5. The van der Waals surface area contributed by atoms with E-state index in [9.17, 15) is 39.6 Å². The lowest BCUT2D eigenvalue weighted by molar-refractivity contribution is 0.0686. The number of aromatic carboxylic acids is 4. The number of carboxylic acid groups (broad SMARTS) is 4. The predicted octanol–water partition coefficient (Wildman–Crippen LogP) is 6.69. The molecule has 12 nitrogen and oxygen atoms in total. The summed E-state index contributed by atoms with van der Waals surface area (Å²) in [6.45, 7) is 0. The summed E-state index contributed by atoms with van der Waals surface area (Å²) in [7, 11) is 2.97. The van der Waals surface area contributed by atoms with Crippen LogP contribution in [0.1, 0.15) is 41.4 Å². The zero-order chi connectivity index (χ0) is 34.0. The number of carbonyl (C=O) groups is 4. The number of methoxy groups -OCH3 is 2. The Balaban J connectivity index is 1.55. The molecule has 7 aromatic rings. The Bertz CT molecular complexity index is 2240. The first kappa shape index (κ1) is 29.9. The average Bonchev–Trinajstić information content (AvgIpc) is 3.58. The minimum atomic E-state index is -1.13. The van der Waals surface area contributed by atoms with E-state index in [0.29, 0.717) is 66.5 Å². The molecule has 0 saturated carbocycles. The summed E-state index contributed by atoms with van der Waals surface area (Å²) in [5.74, 6) is -3.79. The van der Waals surface area contributed by atoms with E-state index in [0.717, 1.165) is 0 Å². The largest absolute Gasteiger partial charge is 0.494 e. The van der Waals surface area contributed by atoms with Crippen molar-refractivity contribution < 1.29 is 49.1 Å². The second kappa shape index (κ2) is 10.9. The number of hydrogen-bond donors (Lipinski definition) is 4. The van der Waals surface area contributed by atoms with Gasteiger partial charge in [-0.25, -0.2) is 19.2 Å². The van der Waals surface area contributed by atoms with E-state index in [1.54, 1.807) is 36.4 Å². The maximum Gasteiger partial charge on any atom is 0.335 e. The van der Waals surface area contributed by atoms with Gasteiger partial charge >= 0.3 is 23.9 Å². The van der Waals surface area contributed by atoms with E-state index in [1.165, 1.54) is 62.8 Å². The van der Waals surface area contributed by atoms with Crippen molar-refractivity contribution >= 4 is 67.5 Å². The maximum atomic E-state index is 11.9. The monoisotopic (exact) mass is 644 g/mol. The van der Waals surface area contributed by atoms with Gasteiger partial charge in [0.25, 0.3) is 0 Å². The highest BCUT2D eigenvalue weighted by atomic mass is 16.5. The van der Waals surface area contributed by atoms with Crippen LogP contribution in [-0.2, 0) is 0 Å². The van der Waals surface area contributed by atoms with Gasteiger partial charge in [0.2, 0.25) is 0 Å². The fourth-order valence-electron chi connectivity index (χ4n) is 6.31. The molecule has 0 aliphatic heterocycles. The quantitative estimate of drug-likeness (QED) is 0.139. The predicted molar refractivity (Wildman–Crippen MR) is 176 cm³/mol. The third-order valence-electron chi connectivity index (χ3n) is 8.48. The number of carboxylic acids is 4. The van der Waals surface area contributed by atoms with Crippen molar-refractivity contribution in [1.29, 1.82) is 0 Å². The summed E-state index contributed by atoms with van der Waals surface area (Å²) in [5.41, 5.74) is 3.50. The van der Waals surface area contributed by atoms with Gasteiger partial charge in [-0.05, 0) is 72.8 Å². The molecule has 12 heteroatoms. The Labute approximate surface area is 269 Å². The SMILES string of the molecule is COc1cc(-n2c3ccc(C(=O)O)cc3c3cc(C(=O)O)ccc32)c(OC)cc1-n1c2ccc(C(=O)O)cc2c2cc(C(=O)O)ccc21. The number of rotatable bonds is 8. The molecule has 0 saturated heterocycles. The van der Waals surface area contributed by atoms with Crippen molar-refractivity contribution in [2.24, 2.45) is 0 Å². The van der Waals surface area contributed by atoms with E-state index in [2.05, 4.69) is 0 Å². The van der Waals surface area contributed by atoms with Gasteiger partial charge in [0.05, 0.1) is 69.9 Å². The molecular formula is C36H24N2O10. The first-order valence-corrected chi connectivity index (χ1v) is 14.4. The molecule has 0 radical (unpaired) electrons. The molecule has 0 bridgehead atoms. The standard InChI is InChI=1S/C36H24N2O10/c1-47-31-15-30(38-27-9-5-19(35(43)44)13-23(27)24-14-20(36(45)46)6-10-28(24)38)32(48-2)16-29(31)37-25-7-3-17(33(39)40)11-21(25)22-12-18(34(41)42)4-8-26(22)37/h3-16H,1-2H3,(H,39,40)(H,41,42)(H,43,44)(H,45,46). The van der Waals surface area contributed by atoms with Gasteiger partial charge in [0.15, 0.2) is 0 Å². The third kappa shape index (κ3) is 4.46. The fourth-order valence-corrected chi connectivity index (χ4v) is 6.31. The van der Waals surface area contributed by atoms with E-state index < -0.39 is 23.9 Å². The van der Waals surface area contributed by atoms with Gasteiger partial charge in [-0.3, -0.25) is 0 Å². The zero-order valence-corrected chi connectivity index (χ0v) is 25.2. The summed E-state index contributed by atoms with van der Waals surface area (Å²) in [5, 5.41) is 40.8. The van der Waals surface area contributed by atoms with Crippen molar-refractivity contribution in [3.8, 4) is 22.9 Å². The smallest absolute Gasteiger partial charge is 0.335 e. The van der Waals surface area contributed by atoms with Gasteiger partial charge in [-0.15, -0.1) is 0 Å². The van der Waals surface area contributed by atoms with Crippen molar-refractivity contribution in [3.63, 3.8) is 0 Å². The Morgan fingerprint density at radius 2 is 0.688 bits per heavy atom. The molecule has 0 aliphatic carbocycles. The summed E-state index contributed by atoms with van der Waals surface area (Å²) in [6, 6.07) is 21.9. The van der Waals surface area contributed by atoms with E-state index in [-0.39, 0.29) is 22.3 Å². The van der Waals surface area contributed by atoms with Crippen LogP contribution in [0.2, 0.25) is 0 Å². The number of fused-ring (bicyclic) bond motifs is 6. The van der Waals surface area contributed by atoms with Gasteiger partial charge in [0.1, 0.15) is 11.5 Å². The van der Waals surface area contributed by atoms with Crippen LogP contribution in [0.4, 0.5) is 0 Å².